The van der Waals surface area contributed by atoms with Crippen molar-refractivity contribution in [3.63, 3.8) is 0 Å². The van der Waals surface area contributed by atoms with Crippen LogP contribution in [0.15, 0.2) is 30.6 Å². The molecule has 2 fully saturated rings. The lowest BCUT2D eigenvalue weighted by atomic mass is 9.88. The van der Waals surface area contributed by atoms with Crippen LogP contribution in [0, 0.1) is 10.1 Å². The highest BCUT2D eigenvalue weighted by atomic mass is 16.6. The van der Waals surface area contributed by atoms with Crippen LogP contribution in [0.4, 0.5) is 5.69 Å². The van der Waals surface area contributed by atoms with Crippen molar-refractivity contribution in [1.29, 1.82) is 0 Å². The van der Waals surface area contributed by atoms with Gasteiger partial charge in [0, 0.05) is 44.2 Å². The second-order valence-corrected chi connectivity index (χ2v) is 12.3. The van der Waals surface area contributed by atoms with Crippen LogP contribution in [0.25, 0.3) is 11.2 Å². The lowest BCUT2D eigenvalue weighted by molar-refractivity contribution is -0.383. The Morgan fingerprint density at radius 3 is 1.93 bits per heavy atom. The Balaban J connectivity index is 1.44. The first kappa shape index (κ1) is 34.3. The van der Waals surface area contributed by atoms with Crippen LogP contribution in [0.2, 0.25) is 0 Å². The predicted octanol–water partition coefficient (Wildman–Crippen LogP) is 5.49. The molecular weight excluding hydrogens is 580 g/mol. The van der Waals surface area contributed by atoms with Crippen molar-refractivity contribution < 1.29 is 23.3 Å². The molecule has 2 amide bonds. The highest BCUT2D eigenvalue weighted by molar-refractivity contribution is 6.05. The standard InChI is InChI=1S/C33H48N4O8/c1-3-34(4-2)22-23-35(31(39)26-19-20-27(37(42)43)30-29(26)44-32(40)33(41)45-30)21-13-7-12-18-28(38)36(24-14-8-5-9-15-24)25-16-10-6-11-17-25/h19-20,24-25H,3-18,21-23H2,1-2H3. The van der Waals surface area contributed by atoms with Gasteiger partial charge in [-0.25, -0.2) is 9.59 Å². The van der Waals surface area contributed by atoms with Gasteiger partial charge >= 0.3 is 16.9 Å². The summed E-state index contributed by atoms with van der Waals surface area (Å²) >= 11 is 0. The number of hydrogen-bond donors (Lipinski definition) is 0. The topological polar surface area (TPSA) is 147 Å². The van der Waals surface area contributed by atoms with E-state index in [1.165, 1.54) is 44.6 Å². The molecular formula is C33H48N4O8. The number of nitrogens with zero attached hydrogens (tertiary/aromatic N) is 4. The Morgan fingerprint density at radius 2 is 1.38 bits per heavy atom. The van der Waals surface area contributed by atoms with Crippen molar-refractivity contribution >= 4 is 28.7 Å². The molecule has 12 heteroatoms. The molecule has 2 aliphatic carbocycles. The molecule has 2 saturated carbocycles. The maximum absolute atomic E-state index is 13.8. The van der Waals surface area contributed by atoms with Crippen LogP contribution in [0.1, 0.15) is 114 Å². The zero-order chi connectivity index (χ0) is 32.3. The quantitative estimate of drug-likeness (QED) is 0.108. The van der Waals surface area contributed by atoms with Crippen molar-refractivity contribution in [3.8, 4) is 0 Å². The molecule has 0 N–H and O–H groups in total. The molecule has 12 nitrogen and oxygen atoms in total. The van der Waals surface area contributed by atoms with Crippen LogP contribution >= 0.6 is 0 Å². The molecule has 45 heavy (non-hydrogen) atoms. The van der Waals surface area contributed by atoms with E-state index < -0.39 is 38.9 Å². The number of nitro benzene ring substituents is 1. The smallest absolute Gasteiger partial charge is 0.413 e. The fraction of sp³-hybridized carbons (Fsp3) is 0.697. The van der Waals surface area contributed by atoms with Crippen molar-refractivity contribution in [1.82, 2.24) is 14.7 Å². The Kier molecular flexibility index (Phi) is 12.7. The average molecular weight is 629 g/mol. The minimum Gasteiger partial charge on any atom is -0.413 e. The molecule has 1 aromatic heterocycles. The van der Waals surface area contributed by atoms with E-state index in [2.05, 4.69) is 9.80 Å². The van der Waals surface area contributed by atoms with Gasteiger partial charge in [-0.3, -0.25) is 19.7 Å². The normalized spacial score (nSPS) is 16.2. The summed E-state index contributed by atoms with van der Waals surface area (Å²) in [6.07, 6.45) is 14.3. The van der Waals surface area contributed by atoms with E-state index in [0.717, 1.165) is 57.7 Å². The van der Waals surface area contributed by atoms with Crippen molar-refractivity contribution in [3.05, 3.63) is 48.7 Å². The molecule has 0 radical (unpaired) electrons. The molecule has 0 bridgehead atoms. The minimum absolute atomic E-state index is 0.0817. The number of hydrogen-bond acceptors (Lipinski definition) is 9. The van der Waals surface area contributed by atoms with E-state index in [4.69, 9.17) is 8.83 Å². The number of unbranched alkanes of at least 4 members (excludes halogenated alkanes) is 2. The summed E-state index contributed by atoms with van der Waals surface area (Å²) in [6, 6.07) is 3.05. The fourth-order valence-electron chi connectivity index (χ4n) is 6.93. The first-order valence-corrected chi connectivity index (χ1v) is 16.8. The number of nitro groups is 1. The van der Waals surface area contributed by atoms with Gasteiger partial charge in [-0.05, 0) is 57.7 Å². The monoisotopic (exact) mass is 628 g/mol. The molecule has 2 aromatic rings. The highest BCUT2D eigenvalue weighted by Crippen LogP contribution is 2.31. The van der Waals surface area contributed by atoms with Crippen LogP contribution in [-0.2, 0) is 4.79 Å². The number of rotatable bonds is 15. The lowest BCUT2D eigenvalue weighted by Crippen LogP contribution is -2.48. The predicted molar refractivity (Wildman–Crippen MR) is 170 cm³/mol. The van der Waals surface area contributed by atoms with Gasteiger partial charge in [0.1, 0.15) is 0 Å². The zero-order valence-corrected chi connectivity index (χ0v) is 26.8. The molecule has 1 aromatic carbocycles. The van der Waals surface area contributed by atoms with E-state index in [0.29, 0.717) is 44.6 Å². The summed E-state index contributed by atoms with van der Waals surface area (Å²) in [4.78, 5) is 68.1. The first-order chi connectivity index (χ1) is 21.7. The maximum Gasteiger partial charge on any atom is 0.423 e. The molecule has 248 valence electrons. The van der Waals surface area contributed by atoms with Gasteiger partial charge in [-0.1, -0.05) is 58.8 Å². The van der Waals surface area contributed by atoms with Gasteiger partial charge in [0.15, 0.2) is 5.58 Å². The molecule has 1 heterocycles. The fourth-order valence-corrected chi connectivity index (χ4v) is 6.93. The van der Waals surface area contributed by atoms with E-state index in [1.54, 1.807) is 4.90 Å². The Morgan fingerprint density at radius 1 is 0.800 bits per heavy atom. The molecule has 0 atom stereocenters. The summed E-state index contributed by atoms with van der Waals surface area (Å²) in [6.45, 7) is 7.07. The van der Waals surface area contributed by atoms with E-state index in [-0.39, 0.29) is 11.5 Å². The Labute approximate surface area is 263 Å². The van der Waals surface area contributed by atoms with Gasteiger partial charge < -0.3 is 23.5 Å². The Bertz CT molecular complexity index is 1400. The molecule has 0 saturated heterocycles. The number of carbonyl (C=O) groups excluding carboxylic acids is 2. The van der Waals surface area contributed by atoms with Crippen LogP contribution in [-0.4, -0.2) is 76.2 Å². The van der Waals surface area contributed by atoms with Crippen molar-refractivity contribution in [2.75, 3.05) is 32.7 Å². The van der Waals surface area contributed by atoms with Gasteiger partial charge in [-0.2, -0.15) is 0 Å². The number of amides is 2. The molecule has 0 unspecified atom stereocenters. The summed E-state index contributed by atoms with van der Waals surface area (Å²) in [7, 11) is 0. The number of likely N-dealkylation sites (N-methyl/N-ethyl adjacent to an activating group) is 1. The average Bonchev–Trinajstić information content (AvgIpc) is 3.05. The summed E-state index contributed by atoms with van der Waals surface area (Å²) in [5.74, 6) is -0.215. The highest BCUT2D eigenvalue weighted by Gasteiger charge is 2.32. The van der Waals surface area contributed by atoms with E-state index in [1.807, 2.05) is 13.8 Å². The number of fused-ring (bicyclic) bond motifs is 1. The molecule has 2 aliphatic rings. The second-order valence-electron chi connectivity index (χ2n) is 12.3. The Hall–Kier alpha value is -3.54. The number of non-ortho nitro benzene ring substituents is 1. The number of carbonyl (C=O) groups is 2. The van der Waals surface area contributed by atoms with Crippen molar-refractivity contribution in [2.45, 2.75) is 116 Å². The maximum atomic E-state index is 13.8. The first-order valence-electron chi connectivity index (χ1n) is 16.8. The minimum atomic E-state index is -1.38. The molecule has 0 spiro atoms. The van der Waals surface area contributed by atoms with E-state index in [9.17, 15) is 29.3 Å². The summed E-state index contributed by atoms with van der Waals surface area (Å²) < 4.78 is 9.99. The van der Waals surface area contributed by atoms with Crippen LogP contribution in [0.3, 0.4) is 0 Å². The number of benzene rings is 1. The van der Waals surface area contributed by atoms with E-state index >= 15 is 0 Å². The largest absolute Gasteiger partial charge is 0.423 e. The van der Waals surface area contributed by atoms with Gasteiger partial charge in [0.2, 0.25) is 5.91 Å². The zero-order valence-electron chi connectivity index (χ0n) is 26.8. The van der Waals surface area contributed by atoms with Gasteiger partial charge in [0.05, 0.1) is 10.5 Å². The van der Waals surface area contributed by atoms with Gasteiger partial charge in [-0.15, -0.1) is 0 Å². The molecule has 4 rings (SSSR count). The van der Waals surface area contributed by atoms with Gasteiger partial charge in [0.25, 0.3) is 11.5 Å². The summed E-state index contributed by atoms with van der Waals surface area (Å²) in [5.41, 5.74) is -4.33. The van der Waals surface area contributed by atoms with Crippen molar-refractivity contribution in [2.24, 2.45) is 0 Å². The van der Waals surface area contributed by atoms with Crippen LogP contribution < -0.4 is 11.3 Å². The third kappa shape index (κ3) is 8.80. The third-order valence-corrected chi connectivity index (χ3v) is 9.49. The second kappa shape index (κ2) is 16.7. The lowest BCUT2D eigenvalue weighted by Gasteiger charge is -2.42. The molecule has 0 aliphatic heterocycles. The SMILES string of the molecule is CCN(CC)CCN(CCCCCC(=O)N(C1CCCCC1)C1CCCCC1)C(=O)c1ccc([N+](=O)[O-])c2oc(=O)c(=O)oc12. The third-order valence-electron chi connectivity index (χ3n) is 9.49. The van der Waals surface area contributed by atoms with Crippen LogP contribution in [0.5, 0.6) is 0 Å². The summed E-state index contributed by atoms with van der Waals surface area (Å²) in [5, 5.41) is 11.5.